The van der Waals surface area contributed by atoms with Gasteiger partial charge in [0.15, 0.2) is 0 Å². The molecule has 1 aliphatic rings. The normalized spacial score (nSPS) is 13.1. The summed E-state index contributed by atoms with van der Waals surface area (Å²) in [6.45, 7) is 7.93. The number of aromatic nitrogens is 1. The van der Waals surface area contributed by atoms with Crippen LogP contribution in [0.25, 0.3) is 0 Å². The molecule has 0 aliphatic carbocycles. The highest BCUT2D eigenvalue weighted by Crippen LogP contribution is 2.30. The monoisotopic (exact) mass is 577 g/mol. The molecule has 0 atom stereocenters. The molecule has 3 rings (SSSR count). The van der Waals surface area contributed by atoms with Gasteiger partial charge in [-0.25, -0.2) is 19.2 Å². The zero-order valence-electron chi connectivity index (χ0n) is 21.9. The van der Waals surface area contributed by atoms with Crippen molar-refractivity contribution in [3.05, 3.63) is 77.6 Å². The van der Waals surface area contributed by atoms with Crippen LogP contribution in [0.2, 0.25) is 5.02 Å². The minimum atomic E-state index is -1.26. The second kappa shape index (κ2) is 18.9. The highest BCUT2D eigenvalue weighted by atomic mass is 35.5. The minimum Gasteiger partial charge on any atom is -0.478 e. The molecule has 0 radical (unpaired) electrons. The number of rotatable bonds is 10. The Morgan fingerprint density at radius 1 is 0.900 bits per heavy atom. The number of anilines is 2. The zero-order chi connectivity index (χ0) is 29.9. The molecular formula is C27H32ClN3O9. The van der Waals surface area contributed by atoms with Crippen LogP contribution in [0.5, 0.6) is 0 Å². The lowest BCUT2D eigenvalue weighted by Gasteiger charge is -2.30. The molecule has 4 N–H and O–H groups in total. The quantitative estimate of drug-likeness (QED) is 0.303. The summed E-state index contributed by atoms with van der Waals surface area (Å²) in [5, 5.41) is 32.0. The summed E-state index contributed by atoms with van der Waals surface area (Å²) >= 11 is 6.24. The zero-order valence-corrected chi connectivity index (χ0v) is 22.6. The molecule has 0 amide bonds. The third-order valence-electron chi connectivity index (χ3n) is 5.13. The molecule has 2 aromatic rings. The second-order valence-electron chi connectivity index (χ2n) is 8.12. The van der Waals surface area contributed by atoms with Gasteiger partial charge in [-0.05, 0) is 43.2 Å². The first-order valence-corrected chi connectivity index (χ1v) is 12.4. The van der Waals surface area contributed by atoms with Gasteiger partial charge in [0.2, 0.25) is 0 Å². The molecule has 0 saturated carbocycles. The second-order valence-corrected chi connectivity index (χ2v) is 8.55. The van der Waals surface area contributed by atoms with Crippen molar-refractivity contribution in [1.82, 2.24) is 9.88 Å². The van der Waals surface area contributed by atoms with E-state index < -0.39 is 23.9 Å². The summed E-state index contributed by atoms with van der Waals surface area (Å²) in [4.78, 5) is 47.2. The summed E-state index contributed by atoms with van der Waals surface area (Å²) in [5.74, 6) is -5.03. The first kappa shape index (κ1) is 33.8. The Morgan fingerprint density at radius 2 is 1.40 bits per heavy atom. The maximum atomic E-state index is 9.55. The number of carboxylic acid groups (broad SMARTS) is 4. The maximum Gasteiger partial charge on any atom is 0.328 e. The van der Waals surface area contributed by atoms with E-state index in [1.807, 2.05) is 24.5 Å². The van der Waals surface area contributed by atoms with E-state index in [1.165, 1.54) is 5.56 Å². The summed E-state index contributed by atoms with van der Waals surface area (Å²) in [5.41, 5.74) is 3.54. The lowest BCUT2D eigenvalue weighted by molar-refractivity contribution is -0.134. The Hall–Kier alpha value is -4.26. The van der Waals surface area contributed by atoms with Crippen LogP contribution in [0.3, 0.4) is 0 Å². The van der Waals surface area contributed by atoms with Crippen LogP contribution in [-0.2, 0) is 23.9 Å². The van der Waals surface area contributed by atoms with Crippen molar-refractivity contribution in [3.63, 3.8) is 0 Å². The number of aryl methyl sites for hydroxylation is 1. The van der Waals surface area contributed by atoms with Crippen LogP contribution in [0.4, 0.5) is 11.4 Å². The number of benzene rings is 1. The number of ether oxygens (including phenoxy) is 1. The van der Waals surface area contributed by atoms with E-state index in [9.17, 15) is 19.2 Å². The van der Waals surface area contributed by atoms with E-state index in [-0.39, 0.29) is 0 Å². The van der Waals surface area contributed by atoms with E-state index in [2.05, 4.69) is 39.9 Å². The molecule has 2 heterocycles. The van der Waals surface area contributed by atoms with Crippen molar-refractivity contribution in [2.75, 3.05) is 44.3 Å². The molecule has 1 saturated heterocycles. The number of morpholine rings is 1. The lowest BCUT2D eigenvalue weighted by Crippen LogP contribution is -2.37. The number of halogens is 1. The van der Waals surface area contributed by atoms with E-state index in [1.54, 1.807) is 0 Å². The minimum absolute atomic E-state index is 0.558. The molecule has 1 fully saturated rings. The fraction of sp³-hybridized carbons (Fsp3) is 0.296. The fourth-order valence-electron chi connectivity index (χ4n) is 3.35. The first-order valence-electron chi connectivity index (χ1n) is 12.0. The van der Waals surface area contributed by atoms with Gasteiger partial charge in [0, 0.05) is 79.3 Å². The van der Waals surface area contributed by atoms with Gasteiger partial charge in [0.05, 0.1) is 13.2 Å². The predicted octanol–water partition coefficient (Wildman–Crippen LogP) is 3.33. The van der Waals surface area contributed by atoms with Crippen molar-refractivity contribution < 1.29 is 44.3 Å². The van der Waals surface area contributed by atoms with E-state index in [0.717, 1.165) is 62.2 Å². The van der Waals surface area contributed by atoms with Crippen LogP contribution in [0, 0.1) is 6.92 Å². The van der Waals surface area contributed by atoms with Crippen LogP contribution >= 0.6 is 11.6 Å². The van der Waals surface area contributed by atoms with Crippen molar-refractivity contribution in [3.8, 4) is 0 Å². The molecule has 12 nitrogen and oxygen atoms in total. The van der Waals surface area contributed by atoms with Gasteiger partial charge in [0.25, 0.3) is 0 Å². The Bertz CT molecular complexity index is 1100. The predicted molar refractivity (Wildman–Crippen MR) is 148 cm³/mol. The number of hydrogen-bond donors (Lipinski definition) is 4. The van der Waals surface area contributed by atoms with Gasteiger partial charge >= 0.3 is 23.9 Å². The number of pyridine rings is 1. The van der Waals surface area contributed by atoms with E-state index in [4.69, 9.17) is 36.8 Å². The maximum absolute atomic E-state index is 9.55. The average molecular weight is 578 g/mol. The number of carboxylic acids is 4. The van der Waals surface area contributed by atoms with E-state index in [0.29, 0.717) is 24.3 Å². The standard InChI is InChI=1S/C19H24ClN3O.2C4H4O4/c1-16-3-4-17(20)15-19(16)23(18-5-7-21-8-6-18)10-2-9-22-11-13-24-14-12-22;2*5-3(6)1-2-4(7)8/h3-8,15H,2,9-14H2,1H3;2*1-2H,(H,5,6)(H,7,8)/b;2*2-1+. The van der Waals surface area contributed by atoms with Crippen LogP contribution in [0.15, 0.2) is 67.0 Å². The summed E-state index contributed by atoms with van der Waals surface area (Å²) in [6.07, 6.45) is 7.00. The molecule has 1 aromatic carbocycles. The Morgan fingerprint density at radius 3 is 1.88 bits per heavy atom. The smallest absolute Gasteiger partial charge is 0.328 e. The van der Waals surface area contributed by atoms with Gasteiger partial charge in [-0.3, -0.25) is 9.88 Å². The highest BCUT2D eigenvalue weighted by molar-refractivity contribution is 6.30. The largest absolute Gasteiger partial charge is 0.478 e. The van der Waals surface area contributed by atoms with E-state index >= 15 is 0 Å². The van der Waals surface area contributed by atoms with Gasteiger partial charge in [-0.15, -0.1) is 0 Å². The number of hydrogen-bond acceptors (Lipinski definition) is 8. The van der Waals surface area contributed by atoms with Gasteiger partial charge in [0.1, 0.15) is 0 Å². The number of nitrogens with zero attached hydrogens (tertiary/aromatic N) is 3. The SMILES string of the molecule is Cc1ccc(Cl)cc1N(CCCN1CCOCC1)c1ccncc1.O=C(O)/C=C/C(=O)O.O=C(O)/C=C/C(=O)O. The fourth-order valence-corrected chi connectivity index (χ4v) is 3.51. The summed E-state index contributed by atoms with van der Waals surface area (Å²) in [6, 6.07) is 10.2. The van der Waals surface area contributed by atoms with Crippen LogP contribution in [-0.4, -0.2) is 93.6 Å². The molecule has 13 heteroatoms. The molecule has 1 aromatic heterocycles. The molecule has 1 aliphatic heterocycles. The van der Waals surface area contributed by atoms with Gasteiger partial charge in [-0.1, -0.05) is 17.7 Å². The molecule has 0 bridgehead atoms. The van der Waals surface area contributed by atoms with Gasteiger partial charge in [-0.2, -0.15) is 0 Å². The Labute approximate surface area is 236 Å². The summed E-state index contributed by atoms with van der Waals surface area (Å²) < 4.78 is 5.42. The molecular weight excluding hydrogens is 546 g/mol. The van der Waals surface area contributed by atoms with Crippen molar-refractivity contribution in [1.29, 1.82) is 0 Å². The lowest BCUT2D eigenvalue weighted by atomic mass is 10.1. The third-order valence-corrected chi connectivity index (χ3v) is 5.37. The first-order chi connectivity index (χ1) is 19.0. The van der Waals surface area contributed by atoms with Crippen molar-refractivity contribution in [2.24, 2.45) is 0 Å². The van der Waals surface area contributed by atoms with Gasteiger partial charge < -0.3 is 30.1 Å². The Kier molecular flexibility index (Phi) is 16.0. The van der Waals surface area contributed by atoms with Crippen LogP contribution < -0.4 is 4.90 Å². The number of aliphatic carboxylic acids is 4. The van der Waals surface area contributed by atoms with Crippen molar-refractivity contribution in [2.45, 2.75) is 13.3 Å². The molecule has 216 valence electrons. The van der Waals surface area contributed by atoms with Crippen LogP contribution in [0.1, 0.15) is 12.0 Å². The molecule has 0 unspecified atom stereocenters. The Balaban J connectivity index is 0.000000412. The number of carbonyl (C=O) groups is 4. The summed E-state index contributed by atoms with van der Waals surface area (Å²) in [7, 11) is 0. The third kappa shape index (κ3) is 15.2. The average Bonchev–Trinajstić information content (AvgIpc) is 2.92. The molecule has 40 heavy (non-hydrogen) atoms. The topological polar surface area (TPSA) is 178 Å². The molecule has 0 spiro atoms. The van der Waals surface area contributed by atoms with Crippen molar-refractivity contribution >= 4 is 46.9 Å². The highest BCUT2D eigenvalue weighted by Gasteiger charge is 2.14.